The summed E-state index contributed by atoms with van der Waals surface area (Å²) in [5.41, 5.74) is 0.136. The maximum atomic E-state index is 13.7. The van der Waals surface area contributed by atoms with Crippen molar-refractivity contribution in [2.45, 2.75) is 38.1 Å². The van der Waals surface area contributed by atoms with Gasteiger partial charge in [-0.2, -0.15) is 0 Å². The number of pyridine rings is 1. The number of amides is 3. The molecule has 1 aliphatic heterocycles. The Balaban J connectivity index is 1.47. The van der Waals surface area contributed by atoms with Crippen molar-refractivity contribution in [1.82, 2.24) is 19.9 Å². The van der Waals surface area contributed by atoms with Gasteiger partial charge in [0.1, 0.15) is 5.75 Å². The maximum Gasteiger partial charge on any atom is 0.240 e. The number of rotatable bonds is 10. The average molecular weight is 477 g/mol. The number of carbonyl (C=O) groups is 3. The molecule has 4 rings (SSSR count). The molecule has 0 radical (unpaired) electrons. The number of aryl methyl sites for hydroxylation is 1. The molecule has 2 aromatic heterocycles. The van der Waals surface area contributed by atoms with Gasteiger partial charge in [0.25, 0.3) is 0 Å². The Morgan fingerprint density at radius 1 is 1.20 bits per heavy atom. The fraction of sp³-hybridized carbons (Fsp3) is 0.346. The standard InChI is InChI=1S/C26H28N4O5/c1-19-14-22(35-28-19)18-29(2)23(31)15-26(20-8-4-3-5-9-20)16-24(32)30(25(26)33)12-7-13-34-21-10-6-11-27-17-21/h3-6,8-11,14,17H,7,12-13,15-16,18H2,1-2H3/t26-/m0/s1. The zero-order valence-electron chi connectivity index (χ0n) is 19.8. The van der Waals surface area contributed by atoms with E-state index in [2.05, 4.69) is 10.1 Å². The summed E-state index contributed by atoms with van der Waals surface area (Å²) in [6.45, 7) is 2.58. The van der Waals surface area contributed by atoms with Crippen molar-refractivity contribution in [1.29, 1.82) is 0 Å². The molecule has 1 fully saturated rings. The van der Waals surface area contributed by atoms with Gasteiger partial charge in [0.15, 0.2) is 5.76 Å². The lowest BCUT2D eigenvalue weighted by Gasteiger charge is -2.29. The van der Waals surface area contributed by atoms with Crippen molar-refractivity contribution in [3.8, 4) is 5.75 Å². The molecule has 182 valence electrons. The van der Waals surface area contributed by atoms with Gasteiger partial charge in [0.05, 0.1) is 30.5 Å². The minimum Gasteiger partial charge on any atom is -0.492 e. The van der Waals surface area contributed by atoms with Gasteiger partial charge in [-0.25, -0.2) is 0 Å². The third-order valence-corrected chi connectivity index (χ3v) is 6.11. The van der Waals surface area contributed by atoms with E-state index in [4.69, 9.17) is 9.26 Å². The Morgan fingerprint density at radius 3 is 2.69 bits per heavy atom. The maximum absolute atomic E-state index is 13.7. The van der Waals surface area contributed by atoms with E-state index < -0.39 is 5.41 Å². The first kappa shape index (κ1) is 24.1. The van der Waals surface area contributed by atoms with Crippen LogP contribution in [0.25, 0.3) is 0 Å². The fourth-order valence-electron chi connectivity index (χ4n) is 4.30. The molecule has 9 nitrogen and oxygen atoms in total. The van der Waals surface area contributed by atoms with Crippen molar-refractivity contribution >= 4 is 17.7 Å². The minimum atomic E-state index is -1.24. The Kier molecular flexibility index (Phi) is 7.24. The highest BCUT2D eigenvalue weighted by atomic mass is 16.5. The number of ether oxygens (including phenoxy) is 1. The van der Waals surface area contributed by atoms with Crippen LogP contribution in [0.5, 0.6) is 5.75 Å². The smallest absolute Gasteiger partial charge is 0.240 e. The van der Waals surface area contributed by atoms with E-state index in [9.17, 15) is 14.4 Å². The van der Waals surface area contributed by atoms with Crippen LogP contribution in [0.3, 0.4) is 0 Å². The Labute approximate surface area is 203 Å². The Hall–Kier alpha value is -4.01. The van der Waals surface area contributed by atoms with Crippen molar-refractivity contribution in [2.24, 2.45) is 0 Å². The number of likely N-dealkylation sites (tertiary alicyclic amines) is 1. The first-order valence-corrected chi connectivity index (χ1v) is 11.5. The fourth-order valence-corrected chi connectivity index (χ4v) is 4.30. The van der Waals surface area contributed by atoms with E-state index in [1.54, 1.807) is 56.7 Å². The van der Waals surface area contributed by atoms with Crippen molar-refractivity contribution < 1.29 is 23.6 Å². The van der Waals surface area contributed by atoms with Crippen LogP contribution in [0.4, 0.5) is 0 Å². The summed E-state index contributed by atoms with van der Waals surface area (Å²) >= 11 is 0. The number of nitrogens with zero attached hydrogens (tertiary/aromatic N) is 4. The second kappa shape index (κ2) is 10.5. The molecule has 35 heavy (non-hydrogen) atoms. The number of hydrogen-bond acceptors (Lipinski definition) is 7. The molecular weight excluding hydrogens is 448 g/mol. The van der Waals surface area contributed by atoms with Crippen LogP contribution >= 0.6 is 0 Å². The van der Waals surface area contributed by atoms with Crippen molar-refractivity contribution in [2.75, 3.05) is 20.2 Å². The lowest BCUT2D eigenvalue weighted by molar-refractivity contribution is -0.142. The lowest BCUT2D eigenvalue weighted by Crippen LogP contribution is -2.43. The predicted octanol–water partition coefficient (Wildman–Crippen LogP) is 2.89. The first-order chi connectivity index (χ1) is 16.9. The molecule has 3 heterocycles. The highest BCUT2D eigenvalue weighted by molar-refractivity contribution is 6.10. The monoisotopic (exact) mass is 476 g/mol. The molecule has 0 aliphatic carbocycles. The van der Waals surface area contributed by atoms with E-state index in [0.29, 0.717) is 30.1 Å². The van der Waals surface area contributed by atoms with Crippen LogP contribution in [0, 0.1) is 6.92 Å². The lowest BCUT2D eigenvalue weighted by atomic mass is 9.75. The van der Waals surface area contributed by atoms with Gasteiger partial charge in [0.2, 0.25) is 17.7 Å². The summed E-state index contributed by atoms with van der Waals surface area (Å²) in [4.78, 5) is 46.6. The third-order valence-electron chi connectivity index (χ3n) is 6.11. The van der Waals surface area contributed by atoms with Crippen molar-refractivity contribution in [3.05, 3.63) is 77.9 Å². The third kappa shape index (κ3) is 5.40. The van der Waals surface area contributed by atoms with Crippen LogP contribution < -0.4 is 4.74 Å². The molecule has 1 aliphatic rings. The van der Waals surface area contributed by atoms with Crippen LogP contribution in [0.1, 0.15) is 36.3 Å². The molecule has 0 unspecified atom stereocenters. The Morgan fingerprint density at radius 2 is 2.00 bits per heavy atom. The molecule has 0 N–H and O–H groups in total. The SMILES string of the molecule is Cc1cc(CN(C)C(=O)C[C@@]2(c3ccccc3)CC(=O)N(CCCOc3cccnc3)C2=O)on1. The van der Waals surface area contributed by atoms with Crippen LogP contribution in [0.2, 0.25) is 0 Å². The summed E-state index contributed by atoms with van der Waals surface area (Å²) in [6.07, 6.45) is 3.56. The van der Waals surface area contributed by atoms with Crippen molar-refractivity contribution in [3.63, 3.8) is 0 Å². The Bertz CT molecular complexity index is 1180. The van der Waals surface area contributed by atoms with Gasteiger partial charge >= 0.3 is 0 Å². The van der Waals surface area contributed by atoms with Crippen LogP contribution in [-0.2, 0) is 26.3 Å². The number of imide groups is 1. The predicted molar refractivity (Wildman–Crippen MR) is 126 cm³/mol. The summed E-state index contributed by atoms with van der Waals surface area (Å²) < 4.78 is 10.9. The highest BCUT2D eigenvalue weighted by Gasteiger charge is 2.53. The number of aromatic nitrogens is 2. The van der Waals surface area contributed by atoms with Crippen LogP contribution in [0.15, 0.2) is 65.4 Å². The van der Waals surface area contributed by atoms with E-state index >= 15 is 0 Å². The molecule has 3 aromatic rings. The second-order valence-electron chi connectivity index (χ2n) is 8.73. The molecule has 1 atom stereocenters. The number of benzene rings is 1. The number of hydrogen-bond donors (Lipinski definition) is 0. The minimum absolute atomic E-state index is 0.0553. The quantitative estimate of drug-likeness (QED) is 0.327. The van der Waals surface area contributed by atoms with E-state index in [-0.39, 0.29) is 43.7 Å². The summed E-state index contributed by atoms with van der Waals surface area (Å²) in [5.74, 6) is 0.275. The molecule has 1 saturated heterocycles. The first-order valence-electron chi connectivity index (χ1n) is 11.5. The molecule has 0 spiro atoms. The number of carbonyl (C=O) groups excluding carboxylic acids is 3. The molecular formula is C26H28N4O5. The van der Waals surface area contributed by atoms with E-state index in [1.165, 1.54) is 9.80 Å². The van der Waals surface area contributed by atoms with E-state index in [0.717, 1.165) is 5.69 Å². The zero-order chi connectivity index (χ0) is 24.8. The largest absolute Gasteiger partial charge is 0.492 e. The van der Waals surface area contributed by atoms with Crippen LogP contribution in [-0.4, -0.2) is 57.9 Å². The van der Waals surface area contributed by atoms with Gasteiger partial charge < -0.3 is 14.2 Å². The van der Waals surface area contributed by atoms with Gasteiger partial charge in [0, 0.05) is 38.7 Å². The molecule has 3 amide bonds. The molecule has 0 saturated carbocycles. The topological polar surface area (TPSA) is 106 Å². The molecule has 9 heteroatoms. The molecule has 0 bridgehead atoms. The normalized spacial score (nSPS) is 17.6. The van der Waals surface area contributed by atoms with E-state index in [1.807, 2.05) is 18.2 Å². The van der Waals surface area contributed by atoms with Gasteiger partial charge in [-0.15, -0.1) is 0 Å². The van der Waals surface area contributed by atoms with Gasteiger partial charge in [-0.3, -0.25) is 24.3 Å². The zero-order valence-corrected chi connectivity index (χ0v) is 19.8. The van der Waals surface area contributed by atoms with Gasteiger partial charge in [-0.1, -0.05) is 35.5 Å². The van der Waals surface area contributed by atoms with Gasteiger partial charge in [-0.05, 0) is 31.0 Å². The average Bonchev–Trinajstić information content (AvgIpc) is 3.38. The summed E-state index contributed by atoms with van der Waals surface area (Å²) in [6, 6.07) is 14.4. The summed E-state index contributed by atoms with van der Waals surface area (Å²) in [7, 11) is 1.65. The second-order valence-corrected chi connectivity index (χ2v) is 8.73. The highest BCUT2D eigenvalue weighted by Crippen LogP contribution is 2.40. The molecule has 1 aromatic carbocycles. The summed E-state index contributed by atoms with van der Waals surface area (Å²) in [5, 5.41) is 3.85.